The van der Waals surface area contributed by atoms with Gasteiger partial charge in [0.15, 0.2) is 0 Å². The summed E-state index contributed by atoms with van der Waals surface area (Å²) in [5.74, 6) is -0.421. The molecule has 7 nitrogen and oxygen atoms in total. The van der Waals surface area contributed by atoms with Crippen LogP contribution in [0.15, 0.2) is 24.3 Å². The lowest BCUT2D eigenvalue weighted by molar-refractivity contribution is -0.117. The molecule has 1 saturated heterocycles. The first-order valence-corrected chi connectivity index (χ1v) is 7.71. The summed E-state index contributed by atoms with van der Waals surface area (Å²) >= 11 is 0. The molecule has 0 spiro atoms. The quantitative estimate of drug-likeness (QED) is 0.576. The van der Waals surface area contributed by atoms with E-state index < -0.39 is 5.91 Å². The summed E-state index contributed by atoms with van der Waals surface area (Å²) in [6.07, 6.45) is 2.50. The van der Waals surface area contributed by atoms with Crippen LogP contribution < -0.4 is 21.7 Å². The highest BCUT2D eigenvalue weighted by molar-refractivity contribution is 5.97. The molecule has 1 aliphatic heterocycles. The second-order valence-corrected chi connectivity index (χ2v) is 5.67. The summed E-state index contributed by atoms with van der Waals surface area (Å²) in [4.78, 5) is 34.2. The number of primary amides is 1. The van der Waals surface area contributed by atoms with Gasteiger partial charge in [0, 0.05) is 17.7 Å². The molecule has 7 heteroatoms. The fourth-order valence-corrected chi connectivity index (χ4v) is 2.49. The van der Waals surface area contributed by atoms with Gasteiger partial charge >= 0.3 is 0 Å². The second kappa shape index (κ2) is 8.28. The van der Waals surface area contributed by atoms with Crippen molar-refractivity contribution in [2.75, 3.05) is 25.0 Å². The normalized spacial score (nSPS) is 16.8. The molecule has 0 bridgehead atoms. The van der Waals surface area contributed by atoms with Crippen LogP contribution in [0.1, 0.15) is 29.6 Å². The van der Waals surface area contributed by atoms with E-state index in [-0.39, 0.29) is 18.4 Å². The van der Waals surface area contributed by atoms with Crippen LogP contribution >= 0.6 is 0 Å². The summed E-state index contributed by atoms with van der Waals surface area (Å²) in [6, 6.07) is 6.50. The highest BCUT2D eigenvalue weighted by Crippen LogP contribution is 2.15. The van der Waals surface area contributed by atoms with Gasteiger partial charge in [-0.15, -0.1) is 0 Å². The number of carbonyl (C=O) groups excluding carboxylic acids is 3. The molecule has 1 aliphatic rings. The van der Waals surface area contributed by atoms with E-state index in [0.29, 0.717) is 23.6 Å². The van der Waals surface area contributed by atoms with Crippen LogP contribution in [0.5, 0.6) is 0 Å². The average molecular weight is 318 g/mol. The highest BCUT2D eigenvalue weighted by Gasteiger charge is 2.15. The molecule has 1 aromatic rings. The van der Waals surface area contributed by atoms with Crippen molar-refractivity contribution in [1.29, 1.82) is 0 Å². The topological polar surface area (TPSA) is 113 Å². The van der Waals surface area contributed by atoms with Gasteiger partial charge in [-0.2, -0.15) is 0 Å². The number of nitrogens with two attached hydrogens (primary N) is 1. The van der Waals surface area contributed by atoms with Crippen molar-refractivity contribution in [1.82, 2.24) is 10.6 Å². The molecule has 1 fully saturated rings. The lowest BCUT2D eigenvalue weighted by Gasteiger charge is -2.09. The van der Waals surface area contributed by atoms with E-state index >= 15 is 0 Å². The van der Waals surface area contributed by atoms with Gasteiger partial charge in [-0.1, -0.05) is 0 Å². The lowest BCUT2D eigenvalue weighted by atomic mass is 10.0. The number of benzene rings is 1. The van der Waals surface area contributed by atoms with Crippen LogP contribution in [0, 0.1) is 5.92 Å². The number of hydrogen-bond acceptors (Lipinski definition) is 4. The number of amides is 3. The van der Waals surface area contributed by atoms with Gasteiger partial charge in [0.25, 0.3) is 5.91 Å². The van der Waals surface area contributed by atoms with Gasteiger partial charge in [-0.05, 0) is 56.1 Å². The third kappa shape index (κ3) is 5.71. The fourth-order valence-electron chi connectivity index (χ4n) is 2.49. The Hall–Kier alpha value is -2.41. The standard InChI is InChI=1S/C16H22N4O3/c17-14(21)10-19-16(23)12-2-4-13(5-3-12)20-15(22)6-1-11-7-8-18-9-11/h2-5,11,18H,1,6-10H2,(H2,17,21)(H,19,23)(H,20,22). The Morgan fingerprint density at radius 1 is 1.22 bits per heavy atom. The van der Waals surface area contributed by atoms with E-state index in [9.17, 15) is 14.4 Å². The Morgan fingerprint density at radius 2 is 1.96 bits per heavy atom. The van der Waals surface area contributed by atoms with Crippen LogP contribution in [0.2, 0.25) is 0 Å². The maximum absolute atomic E-state index is 11.9. The summed E-state index contributed by atoms with van der Waals surface area (Å²) in [5.41, 5.74) is 6.01. The second-order valence-electron chi connectivity index (χ2n) is 5.67. The van der Waals surface area contributed by atoms with Gasteiger partial charge in [-0.25, -0.2) is 0 Å². The summed E-state index contributed by atoms with van der Waals surface area (Å²) < 4.78 is 0. The number of carbonyl (C=O) groups is 3. The fraction of sp³-hybridized carbons (Fsp3) is 0.438. The van der Waals surface area contributed by atoms with Gasteiger partial charge in [0.1, 0.15) is 0 Å². The number of hydrogen-bond donors (Lipinski definition) is 4. The molecule has 1 heterocycles. The minimum atomic E-state index is -0.598. The molecule has 1 unspecified atom stereocenters. The van der Waals surface area contributed by atoms with E-state index in [1.54, 1.807) is 24.3 Å². The van der Waals surface area contributed by atoms with Crippen LogP contribution in [-0.4, -0.2) is 37.4 Å². The van der Waals surface area contributed by atoms with Crippen LogP contribution in [0.25, 0.3) is 0 Å². The van der Waals surface area contributed by atoms with Gasteiger partial charge < -0.3 is 21.7 Å². The first kappa shape index (κ1) is 17.0. The van der Waals surface area contributed by atoms with Crippen molar-refractivity contribution in [2.45, 2.75) is 19.3 Å². The Balaban J connectivity index is 1.78. The zero-order valence-electron chi connectivity index (χ0n) is 12.9. The number of nitrogens with one attached hydrogen (secondary N) is 3. The first-order chi connectivity index (χ1) is 11.0. The summed E-state index contributed by atoms with van der Waals surface area (Å²) in [5, 5.41) is 8.50. The Kier molecular flexibility index (Phi) is 6.10. The zero-order valence-corrected chi connectivity index (χ0v) is 12.9. The van der Waals surface area contributed by atoms with Crippen molar-refractivity contribution in [3.63, 3.8) is 0 Å². The van der Waals surface area contributed by atoms with Crippen molar-refractivity contribution < 1.29 is 14.4 Å². The van der Waals surface area contributed by atoms with Crippen LogP contribution in [-0.2, 0) is 9.59 Å². The largest absolute Gasteiger partial charge is 0.368 e. The molecule has 124 valence electrons. The minimum Gasteiger partial charge on any atom is -0.368 e. The third-order valence-corrected chi connectivity index (χ3v) is 3.80. The molecule has 5 N–H and O–H groups in total. The molecule has 1 atom stereocenters. The Labute approximate surface area is 135 Å². The van der Waals surface area contributed by atoms with E-state index in [4.69, 9.17) is 5.73 Å². The molecule has 0 aromatic heterocycles. The molecule has 0 aliphatic carbocycles. The van der Waals surface area contributed by atoms with Crippen molar-refractivity contribution in [2.24, 2.45) is 11.7 Å². The SMILES string of the molecule is NC(=O)CNC(=O)c1ccc(NC(=O)CCC2CCNC2)cc1. The van der Waals surface area contributed by atoms with Gasteiger partial charge in [0.2, 0.25) is 11.8 Å². The van der Waals surface area contributed by atoms with Crippen molar-refractivity contribution in [3.8, 4) is 0 Å². The number of rotatable bonds is 7. The lowest BCUT2D eigenvalue weighted by Crippen LogP contribution is -2.33. The van der Waals surface area contributed by atoms with E-state index in [2.05, 4.69) is 16.0 Å². The Bertz CT molecular complexity index is 565. The average Bonchev–Trinajstić information content (AvgIpc) is 3.05. The zero-order chi connectivity index (χ0) is 16.7. The van der Waals surface area contributed by atoms with Crippen LogP contribution in [0.4, 0.5) is 5.69 Å². The first-order valence-electron chi connectivity index (χ1n) is 7.71. The van der Waals surface area contributed by atoms with E-state index in [0.717, 1.165) is 25.9 Å². The maximum Gasteiger partial charge on any atom is 0.251 e. The molecular weight excluding hydrogens is 296 g/mol. The molecule has 0 saturated carbocycles. The maximum atomic E-state index is 11.9. The molecule has 2 rings (SSSR count). The molecular formula is C16H22N4O3. The van der Waals surface area contributed by atoms with Gasteiger partial charge in [-0.3, -0.25) is 14.4 Å². The molecule has 1 aromatic carbocycles. The van der Waals surface area contributed by atoms with Crippen molar-refractivity contribution >= 4 is 23.4 Å². The highest BCUT2D eigenvalue weighted by atomic mass is 16.2. The summed E-state index contributed by atoms with van der Waals surface area (Å²) in [7, 11) is 0. The summed E-state index contributed by atoms with van der Waals surface area (Å²) in [6.45, 7) is 1.82. The predicted octanol–water partition coefficient (Wildman–Crippen LogP) is 0.230. The minimum absolute atomic E-state index is 0.0252. The van der Waals surface area contributed by atoms with Crippen molar-refractivity contribution in [3.05, 3.63) is 29.8 Å². The molecule has 23 heavy (non-hydrogen) atoms. The third-order valence-electron chi connectivity index (χ3n) is 3.80. The predicted molar refractivity (Wildman–Crippen MR) is 86.8 cm³/mol. The molecule has 3 amide bonds. The van der Waals surface area contributed by atoms with Gasteiger partial charge in [0.05, 0.1) is 6.54 Å². The van der Waals surface area contributed by atoms with E-state index in [1.165, 1.54) is 0 Å². The smallest absolute Gasteiger partial charge is 0.251 e. The molecule has 0 radical (unpaired) electrons. The van der Waals surface area contributed by atoms with Crippen LogP contribution in [0.3, 0.4) is 0 Å². The Morgan fingerprint density at radius 3 is 2.57 bits per heavy atom. The number of anilines is 1. The monoisotopic (exact) mass is 318 g/mol. The van der Waals surface area contributed by atoms with E-state index in [1.807, 2.05) is 0 Å².